The monoisotopic (exact) mass is 377 g/mol. The standard InChI is InChI=1S/C17H23N5O3S/c1-17(2,3)13-4-6-15(7-5-13)26(24,25)20-10-16(23)21-11-14(12-21)22-18-8-9-19-22/h4-9,14,20H,10-12H2,1-3H3. The molecule has 1 N–H and O–H groups in total. The highest BCUT2D eigenvalue weighted by Crippen LogP contribution is 2.23. The second kappa shape index (κ2) is 6.81. The van der Waals surface area contributed by atoms with Crippen LogP contribution in [0, 0.1) is 0 Å². The Kier molecular flexibility index (Phi) is 4.85. The maximum Gasteiger partial charge on any atom is 0.241 e. The van der Waals surface area contributed by atoms with Crippen molar-refractivity contribution in [2.75, 3.05) is 19.6 Å². The molecule has 0 unspecified atom stereocenters. The molecule has 0 saturated carbocycles. The van der Waals surface area contributed by atoms with Gasteiger partial charge in [0.1, 0.15) is 6.04 Å². The summed E-state index contributed by atoms with van der Waals surface area (Å²) >= 11 is 0. The van der Waals surface area contributed by atoms with E-state index in [9.17, 15) is 13.2 Å². The summed E-state index contributed by atoms with van der Waals surface area (Å²) in [6, 6.07) is 6.78. The Morgan fingerprint density at radius 2 is 1.73 bits per heavy atom. The lowest BCUT2D eigenvalue weighted by atomic mass is 9.87. The van der Waals surface area contributed by atoms with E-state index in [1.807, 2.05) is 0 Å². The molecular formula is C17H23N5O3S. The summed E-state index contributed by atoms with van der Waals surface area (Å²) in [7, 11) is -3.72. The minimum atomic E-state index is -3.72. The molecule has 1 aliphatic heterocycles. The molecule has 2 heterocycles. The minimum absolute atomic E-state index is 0.0514. The molecular weight excluding hydrogens is 354 g/mol. The van der Waals surface area contributed by atoms with Crippen LogP contribution < -0.4 is 4.72 Å². The van der Waals surface area contributed by atoms with Crippen LogP contribution in [0.1, 0.15) is 32.4 Å². The van der Waals surface area contributed by atoms with Crippen LogP contribution in [0.25, 0.3) is 0 Å². The van der Waals surface area contributed by atoms with Crippen molar-refractivity contribution in [2.24, 2.45) is 0 Å². The van der Waals surface area contributed by atoms with Crippen LogP contribution in [0.5, 0.6) is 0 Å². The largest absolute Gasteiger partial charge is 0.337 e. The van der Waals surface area contributed by atoms with Gasteiger partial charge in [0.25, 0.3) is 0 Å². The summed E-state index contributed by atoms with van der Waals surface area (Å²) in [6.45, 7) is 6.89. The van der Waals surface area contributed by atoms with Gasteiger partial charge in [-0.15, -0.1) is 0 Å². The first kappa shape index (κ1) is 18.5. The topological polar surface area (TPSA) is 97.2 Å². The van der Waals surface area contributed by atoms with Crippen LogP contribution in [0.4, 0.5) is 0 Å². The number of hydrogen-bond acceptors (Lipinski definition) is 5. The number of carbonyl (C=O) groups excluding carboxylic acids is 1. The van der Waals surface area contributed by atoms with Crippen molar-refractivity contribution in [1.29, 1.82) is 0 Å². The van der Waals surface area contributed by atoms with E-state index in [0.717, 1.165) is 5.56 Å². The van der Waals surface area contributed by atoms with Gasteiger partial charge in [0.2, 0.25) is 15.9 Å². The third-order valence-electron chi connectivity index (χ3n) is 4.42. The van der Waals surface area contributed by atoms with Gasteiger partial charge >= 0.3 is 0 Å². The molecule has 0 bridgehead atoms. The van der Waals surface area contributed by atoms with Crippen molar-refractivity contribution in [3.63, 3.8) is 0 Å². The Labute approximate surface area is 153 Å². The van der Waals surface area contributed by atoms with E-state index >= 15 is 0 Å². The van der Waals surface area contributed by atoms with Gasteiger partial charge in [0, 0.05) is 13.1 Å². The molecule has 1 saturated heterocycles. The molecule has 26 heavy (non-hydrogen) atoms. The number of nitrogens with zero attached hydrogens (tertiary/aromatic N) is 4. The first-order valence-corrected chi connectivity index (χ1v) is 9.89. The highest BCUT2D eigenvalue weighted by Gasteiger charge is 2.33. The molecule has 140 valence electrons. The van der Waals surface area contributed by atoms with E-state index < -0.39 is 10.0 Å². The smallest absolute Gasteiger partial charge is 0.241 e. The van der Waals surface area contributed by atoms with Gasteiger partial charge in [-0.1, -0.05) is 32.9 Å². The predicted octanol–water partition coefficient (Wildman–Crippen LogP) is 0.937. The summed E-state index contributed by atoms with van der Waals surface area (Å²) in [4.78, 5) is 15.4. The molecule has 0 spiro atoms. The van der Waals surface area contributed by atoms with Gasteiger partial charge in [-0.25, -0.2) is 13.1 Å². The molecule has 2 aromatic rings. The highest BCUT2D eigenvalue weighted by molar-refractivity contribution is 7.89. The van der Waals surface area contributed by atoms with Gasteiger partial charge in [-0.3, -0.25) is 4.79 Å². The first-order chi connectivity index (χ1) is 12.2. The Morgan fingerprint density at radius 3 is 2.27 bits per heavy atom. The maximum absolute atomic E-state index is 12.4. The van der Waals surface area contributed by atoms with Gasteiger partial charge < -0.3 is 4.90 Å². The third kappa shape index (κ3) is 3.94. The number of likely N-dealkylation sites (tertiary alicyclic amines) is 1. The zero-order valence-corrected chi connectivity index (χ0v) is 15.9. The Balaban J connectivity index is 1.54. The van der Waals surface area contributed by atoms with E-state index in [1.54, 1.807) is 46.4 Å². The highest BCUT2D eigenvalue weighted by atomic mass is 32.2. The summed E-state index contributed by atoms with van der Waals surface area (Å²) in [5.41, 5.74) is 0.995. The molecule has 0 aliphatic carbocycles. The van der Waals surface area contributed by atoms with Crippen molar-refractivity contribution in [1.82, 2.24) is 24.6 Å². The van der Waals surface area contributed by atoms with Crippen LogP contribution in [0.3, 0.4) is 0 Å². The number of nitrogens with one attached hydrogen (secondary N) is 1. The van der Waals surface area contributed by atoms with Crippen LogP contribution in [0.2, 0.25) is 0 Å². The molecule has 0 atom stereocenters. The summed E-state index contributed by atoms with van der Waals surface area (Å²) in [5, 5.41) is 8.07. The Bertz CT molecular complexity index is 864. The fourth-order valence-electron chi connectivity index (χ4n) is 2.71. The molecule has 1 fully saturated rings. The van der Waals surface area contributed by atoms with Crippen LogP contribution in [0.15, 0.2) is 41.6 Å². The fraction of sp³-hybridized carbons (Fsp3) is 0.471. The molecule has 1 aromatic heterocycles. The van der Waals surface area contributed by atoms with Gasteiger partial charge in [0.15, 0.2) is 0 Å². The Morgan fingerprint density at radius 1 is 1.15 bits per heavy atom. The number of rotatable bonds is 5. The van der Waals surface area contributed by atoms with Crippen LogP contribution in [-0.4, -0.2) is 53.9 Å². The van der Waals surface area contributed by atoms with E-state index in [0.29, 0.717) is 13.1 Å². The van der Waals surface area contributed by atoms with E-state index in [2.05, 4.69) is 35.7 Å². The predicted molar refractivity (Wildman–Crippen MR) is 96.0 cm³/mol. The molecule has 9 heteroatoms. The van der Waals surface area contributed by atoms with Crippen molar-refractivity contribution in [3.8, 4) is 0 Å². The van der Waals surface area contributed by atoms with Gasteiger partial charge in [0.05, 0.1) is 23.8 Å². The zero-order chi connectivity index (χ0) is 18.9. The lowest BCUT2D eigenvalue weighted by Crippen LogP contribution is -2.53. The second-order valence-corrected chi connectivity index (χ2v) is 9.17. The number of carbonyl (C=O) groups is 1. The molecule has 1 aliphatic rings. The number of sulfonamides is 1. The number of aromatic nitrogens is 3. The van der Waals surface area contributed by atoms with Crippen molar-refractivity contribution in [3.05, 3.63) is 42.2 Å². The molecule has 3 rings (SSSR count). The van der Waals surface area contributed by atoms with Gasteiger partial charge in [-0.2, -0.15) is 15.0 Å². The normalized spacial score (nSPS) is 15.7. The van der Waals surface area contributed by atoms with Crippen LogP contribution >= 0.6 is 0 Å². The Hall–Kier alpha value is -2.26. The number of hydrogen-bond donors (Lipinski definition) is 1. The quantitative estimate of drug-likeness (QED) is 0.836. The second-order valence-electron chi connectivity index (χ2n) is 7.40. The molecule has 8 nitrogen and oxygen atoms in total. The maximum atomic E-state index is 12.4. The average Bonchev–Trinajstić information content (AvgIpc) is 3.05. The van der Waals surface area contributed by atoms with Crippen molar-refractivity contribution in [2.45, 2.75) is 37.1 Å². The first-order valence-electron chi connectivity index (χ1n) is 8.40. The number of amides is 1. The lowest BCUT2D eigenvalue weighted by molar-refractivity contribution is -0.136. The SMILES string of the molecule is CC(C)(C)c1ccc(S(=O)(=O)NCC(=O)N2CC(n3nccn3)C2)cc1. The summed E-state index contributed by atoms with van der Waals surface area (Å²) < 4.78 is 27.1. The van der Waals surface area contributed by atoms with E-state index in [-0.39, 0.29) is 28.8 Å². The summed E-state index contributed by atoms with van der Waals surface area (Å²) in [5.74, 6) is -0.261. The molecule has 1 aromatic carbocycles. The van der Waals surface area contributed by atoms with E-state index in [1.165, 1.54) is 0 Å². The van der Waals surface area contributed by atoms with E-state index in [4.69, 9.17) is 0 Å². The number of benzene rings is 1. The van der Waals surface area contributed by atoms with Gasteiger partial charge in [-0.05, 0) is 23.1 Å². The lowest BCUT2D eigenvalue weighted by Gasteiger charge is -2.38. The molecule has 0 radical (unpaired) electrons. The minimum Gasteiger partial charge on any atom is -0.337 e. The average molecular weight is 377 g/mol. The van der Waals surface area contributed by atoms with Crippen LogP contribution in [-0.2, 0) is 20.2 Å². The fourth-order valence-corrected chi connectivity index (χ4v) is 3.68. The van der Waals surface area contributed by atoms with Crippen molar-refractivity contribution >= 4 is 15.9 Å². The van der Waals surface area contributed by atoms with Crippen molar-refractivity contribution < 1.29 is 13.2 Å². The zero-order valence-electron chi connectivity index (χ0n) is 15.1. The third-order valence-corrected chi connectivity index (χ3v) is 5.84. The molecule has 1 amide bonds. The summed E-state index contributed by atoms with van der Waals surface area (Å²) in [6.07, 6.45) is 3.17.